The highest BCUT2D eigenvalue weighted by molar-refractivity contribution is 7.85. The largest absolute Gasteiger partial charge is 0.426 e. The van der Waals surface area contributed by atoms with E-state index in [2.05, 4.69) is 0 Å². The third-order valence-electron chi connectivity index (χ3n) is 6.60. The average Bonchev–Trinajstić information content (AvgIpc) is 3.21. The topological polar surface area (TPSA) is 101 Å². The van der Waals surface area contributed by atoms with Crippen LogP contribution >= 0.6 is 0 Å². The molecular weight excluding hydrogens is 368 g/mol. The molecule has 2 fully saturated rings. The molecule has 0 aliphatic heterocycles. The van der Waals surface area contributed by atoms with E-state index < -0.39 is 15.7 Å². The number of benzene rings is 1. The Morgan fingerprint density at radius 3 is 2.22 bits per heavy atom. The fourth-order valence-electron chi connectivity index (χ4n) is 4.83. The van der Waals surface area contributed by atoms with E-state index in [0.29, 0.717) is 17.8 Å². The summed E-state index contributed by atoms with van der Waals surface area (Å²) in [6.45, 7) is 4.04. The summed E-state index contributed by atoms with van der Waals surface area (Å²) in [5.41, 5.74) is -0.597. The summed E-state index contributed by atoms with van der Waals surface area (Å²) in [5.74, 6) is 1.09. The second-order valence-corrected chi connectivity index (χ2v) is 9.52. The van der Waals surface area contributed by atoms with Crippen molar-refractivity contribution in [2.24, 2.45) is 23.7 Å². The quantitative estimate of drug-likeness (QED) is 0.416. The third kappa shape index (κ3) is 4.36. The van der Waals surface area contributed by atoms with Crippen molar-refractivity contribution in [1.29, 1.82) is 0 Å². The summed E-state index contributed by atoms with van der Waals surface area (Å²) in [4.78, 5) is 12.3. The van der Waals surface area contributed by atoms with Crippen LogP contribution < -0.4 is 4.74 Å². The first kappa shape index (κ1) is 20.3. The van der Waals surface area contributed by atoms with Crippen LogP contribution in [-0.2, 0) is 14.9 Å². The smallest absolute Gasteiger partial charge is 0.314 e. The van der Waals surface area contributed by atoms with Crippen LogP contribution in [0, 0.1) is 23.7 Å². The van der Waals surface area contributed by atoms with E-state index >= 15 is 0 Å². The lowest BCUT2D eigenvalue weighted by molar-refractivity contribution is -0.141. The van der Waals surface area contributed by atoms with Crippen LogP contribution in [0.25, 0.3) is 0 Å². The Balaban J connectivity index is 1.58. The van der Waals surface area contributed by atoms with Crippen molar-refractivity contribution in [2.75, 3.05) is 0 Å². The molecule has 3 rings (SSSR count). The SMILES string of the molecule is CCC(O)(CC)CC1CC2CC1CC2C(=O)Oc1ccc(S(=O)(=O)O)cc1. The lowest BCUT2D eigenvalue weighted by Crippen LogP contribution is -2.34. The van der Waals surface area contributed by atoms with Crippen molar-refractivity contribution >= 4 is 16.1 Å². The van der Waals surface area contributed by atoms with E-state index in [-0.39, 0.29) is 22.5 Å². The molecule has 0 heterocycles. The Hall–Kier alpha value is -1.44. The summed E-state index contributed by atoms with van der Waals surface area (Å²) < 4.78 is 36.6. The maximum absolute atomic E-state index is 12.6. The Kier molecular flexibility index (Phi) is 5.66. The van der Waals surface area contributed by atoms with Gasteiger partial charge >= 0.3 is 5.97 Å². The zero-order chi connectivity index (χ0) is 19.8. The zero-order valence-corrected chi connectivity index (χ0v) is 16.6. The maximum Gasteiger partial charge on any atom is 0.314 e. The standard InChI is InChI=1S/C20H28O6S/c1-3-20(22,4-2)12-15-10-14-9-13(15)11-18(14)19(21)26-16-5-7-17(8-6-16)27(23,24)25/h5-8,13-15,18,22H,3-4,9-12H2,1-2H3,(H,23,24,25). The van der Waals surface area contributed by atoms with Crippen molar-refractivity contribution in [3.05, 3.63) is 24.3 Å². The van der Waals surface area contributed by atoms with Crippen LogP contribution in [0.4, 0.5) is 0 Å². The van der Waals surface area contributed by atoms with Gasteiger partial charge in [-0.3, -0.25) is 9.35 Å². The number of ether oxygens (including phenoxy) is 1. The number of esters is 1. The molecule has 1 aromatic rings. The minimum Gasteiger partial charge on any atom is -0.426 e. The molecule has 2 saturated carbocycles. The van der Waals surface area contributed by atoms with Gasteiger partial charge in [-0.25, -0.2) is 0 Å². The number of hydrogen-bond acceptors (Lipinski definition) is 5. The number of carbonyl (C=O) groups is 1. The number of aliphatic hydroxyl groups is 1. The maximum atomic E-state index is 12.6. The summed E-state index contributed by atoms with van der Waals surface area (Å²) in [6, 6.07) is 5.18. The second kappa shape index (κ2) is 7.53. The molecule has 150 valence electrons. The second-order valence-electron chi connectivity index (χ2n) is 8.10. The molecular formula is C20H28O6S. The van der Waals surface area contributed by atoms with E-state index in [9.17, 15) is 18.3 Å². The van der Waals surface area contributed by atoms with Crippen LogP contribution in [0.3, 0.4) is 0 Å². The lowest BCUT2D eigenvalue weighted by Gasteiger charge is -2.34. The molecule has 2 aliphatic rings. The van der Waals surface area contributed by atoms with Gasteiger partial charge in [0.25, 0.3) is 10.1 Å². The van der Waals surface area contributed by atoms with Gasteiger partial charge in [0, 0.05) is 0 Å². The highest BCUT2D eigenvalue weighted by Gasteiger charge is 2.50. The lowest BCUT2D eigenvalue weighted by atomic mass is 9.75. The van der Waals surface area contributed by atoms with Gasteiger partial charge in [-0.05, 0) is 80.5 Å². The molecule has 2 aliphatic carbocycles. The molecule has 0 aromatic heterocycles. The van der Waals surface area contributed by atoms with Crippen molar-refractivity contribution < 1.29 is 27.6 Å². The van der Waals surface area contributed by atoms with Crippen LogP contribution in [0.15, 0.2) is 29.2 Å². The Bertz CT molecular complexity index is 781. The van der Waals surface area contributed by atoms with Crippen molar-refractivity contribution in [1.82, 2.24) is 0 Å². The fourth-order valence-corrected chi connectivity index (χ4v) is 5.31. The Labute approximate surface area is 160 Å². The number of fused-ring (bicyclic) bond motifs is 2. The number of carbonyl (C=O) groups excluding carboxylic acids is 1. The first-order valence-corrected chi connectivity index (χ1v) is 11.1. The van der Waals surface area contributed by atoms with Crippen LogP contribution in [-0.4, -0.2) is 29.6 Å². The van der Waals surface area contributed by atoms with Gasteiger partial charge < -0.3 is 9.84 Å². The summed E-state index contributed by atoms with van der Waals surface area (Å²) in [5, 5.41) is 10.6. The number of hydrogen-bond donors (Lipinski definition) is 2. The number of rotatable bonds is 7. The van der Waals surface area contributed by atoms with Crippen molar-refractivity contribution in [2.45, 2.75) is 62.9 Å². The zero-order valence-electron chi connectivity index (χ0n) is 15.8. The van der Waals surface area contributed by atoms with Crippen molar-refractivity contribution in [3.8, 4) is 5.75 Å². The van der Waals surface area contributed by atoms with Gasteiger partial charge in [0.2, 0.25) is 0 Å². The van der Waals surface area contributed by atoms with Gasteiger partial charge in [-0.1, -0.05) is 13.8 Å². The molecule has 2 N–H and O–H groups in total. The predicted octanol–water partition coefficient (Wildman–Crippen LogP) is 3.44. The molecule has 0 amide bonds. The molecule has 4 atom stereocenters. The average molecular weight is 397 g/mol. The molecule has 0 spiro atoms. The van der Waals surface area contributed by atoms with Gasteiger partial charge in [0.1, 0.15) is 5.75 Å². The van der Waals surface area contributed by atoms with Gasteiger partial charge in [0.15, 0.2) is 0 Å². The monoisotopic (exact) mass is 396 g/mol. The molecule has 1 aromatic carbocycles. The van der Waals surface area contributed by atoms with Gasteiger partial charge in [-0.15, -0.1) is 0 Å². The summed E-state index contributed by atoms with van der Waals surface area (Å²) in [6.07, 6.45) is 5.07. The highest BCUT2D eigenvalue weighted by Crippen LogP contribution is 2.54. The highest BCUT2D eigenvalue weighted by atomic mass is 32.2. The molecule has 7 heteroatoms. The van der Waals surface area contributed by atoms with E-state index in [1.807, 2.05) is 13.8 Å². The Morgan fingerprint density at radius 2 is 1.74 bits per heavy atom. The molecule has 0 radical (unpaired) electrons. The molecule has 2 bridgehead atoms. The fraction of sp³-hybridized carbons (Fsp3) is 0.650. The first-order valence-electron chi connectivity index (χ1n) is 9.67. The van der Waals surface area contributed by atoms with E-state index in [1.54, 1.807) is 0 Å². The van der Waals surface area contributed by atoms with E-state index in [4.69, 9.17) is 9.29 Å². The molecule has 0 saturated heterocycles. The minimum absolute atomic E-state index is 0.135. The predicted molar refractivity (Wildman–Crippen MR) is 99.9 cm³/mol. The van der Waals surface area contributed by atoms with Crippen LogP contribution in [0.2, 0.25) is 0 Å². The van der Waals surface area contributed by atoms with Crippen molar-refractivity contribution in [3.63, 3.8) is 0 Å². The normalized spacial score (nSPS) is 27.7. The molecule has 27 heavy (non-hydrogen) atoms. The molecule has 6 nitrogen and oxygen atoms in total. The minimum atomic E-state index is -4.26. The van der Waals surface area contributed by atoms with E-state index in [1.165, 1.54) is 24.3 Å². The summed E-state index contributed by atoms with van der Waals surface area (Å²) >= 11 is 0. The molecule has 4 unspecified atom stereocenters. The Morgan fingerprint density at radius 1 is 1.11 bits per heavy atom. The van der Waals surface area contributed by atoms with Gasteiger partial charge in [0.05, 0.1) is 16.4 Å². The van der Waals surface area contributed by atoms with Crippen LogP contribution in [0.1, 0.15) is 52.4 Å². The summed E-state index contributed by atoms with van der Waals surface area (Å²) in [7, 11) is -4.26. The first-order chi connectivity index (χ1) is 12.6. The third-order valence-corrected chi connectivity index (χ3v) is 7.47. The van der Waals surface area contributed by atoms with Gasteiger partial charge in [-0.2, -0.15) is 8.42 Å². The van der Waals surface area contributed by atoms with E-state index in [0.717, 1.165) is 38.5 Å². The van der Waals surface area contributed by atoms with Crippen LogP contribution in [0.5, 0.6) is 5.75 Å².